The molecule has 20 heavy (non-hydrogen) atoms. The summed E-state index contributed by atoms with van der Waals surface area (Å²) in [7, 11) is 1.59. The van der Waals surface area contributed by atoms with E-state index in [2.05, 4.69) is 0 Å². The lowest BCUT2D eigenvalue weighted by Crippen LogP contribution is -2.41. The van der Waals surface area contributed by atoms with Crippen LogP contribution in [0.15, 0.2) is 30.3 Å². The zero-order valence-electron chi connectivity index (χ0n) is 11.3. The van der Waals surface area contributed by atoms with Crippen LogP contribution in [0.5, 0.6) is 0 Å². The first kappa shape index (κ1) is 13.1. The average molecular weight is 275 g/mol. The van der Waals surface area contributed by atoms with Crippen molar-refractivity contribution in [2.75, 3.05) is 13.7 Å². The minimum atomic E-state index is -0.530. The molecule has 3 rings (SSSR count). The molecule has 106 valence electrons. The molecule has 0 bridgehead atoms. The Bertz CT molecular complexity index is 516. The van der Waals surface area contributed by atoms with Gasteiger partial charge in [-0.05, 0) is 18.4 Å². The molecular formula is C15H17NO4. The summed E-state index contributed by atoms with van der Waals surface area (Å²) in [6, 6.07) is 9.59. The fraction of sp³-hybridized carbons (Fsp3) is 0.467. The summed E-state index contributed by atoms with van der Waals surface area (Å²) in [6.45, 7) is 0.268. The first-order valence-corrected chi connectivity index (χ1v) is 6.77. The highest BCUT2D eigenvalue weighted by molar-refractivity contribution is 5.96. The van der Waals surface area contributed by atoms with Gasteiger partial charge in [-0.3, -0.25) is 4.79 Å². The number of ether oxygens (including phenoxy) is 2. The fourth-order valence-electron chi connectivity index (χ4n) is 2.64. The molecule has 3 atom stereocenters. The van der Waals surface area contributed by atoms with Crippen LogP contribution >= 0.6 is 0 Å². The van der Waals surface area contributed by atoms with Gasteiger partial charge in [0.1, 0.15) is 6.61 Å². The number of carbonyl (C=O) groups is 2. The number of nitrogens with zero attached hydrogens (tertiary/aromatic N) is 1. The summed E-state index contributed by atoms with van der Waals surface area (Å²) in [5, 5.41) is 0. The van der Waals surface area contributed by atoms with E-state index in [1.165, 1.54) is 4.90 Å². The highest BCUT2D eigenvalue weighted by Crippen LogP contribution is 2.36. The molecule has 1 heterocycles. The van der Waals surface area contributed by atoms with E-state index in [1.54, 1.807) is 7.11 Å². The SMILES string of the molecule is COC1CC1C(=O)N1C(=O)OCC1Cc1ccccc1. The lowest BCUT2D eigenvalue weighted by atomic mass is 10.1. The Morgan fingerprint density at radius 1 is 1.40 bits per heavy atom. The molecule has 1 aromatic carbocycles. The van der Waals surface area contributed by atoms with E-state index in [1.807, 2.05) is 30.3 Å². The molecule has 0 N–H and O–H groups in total. The van der Waals surface area contributed by atoms with E-state index in [0.717, 1.165) is 5.56 Å². The van der Waals surface area contributed by atoms with Crippen molar-refractivity contribution in [3.63, 3.8) is 0 Å². The summed E-state index contributed by atoms with van der Waals surface area (Å²) in [6.07, 6.45) is 0.741. The highest BCUT2D eigenvalue weighted by Gasteiger charge is 2.50. The second kappa shape index (κ2) is 5.25. The van der Waals surface area contributed by atoms with Crippen molar-refractivity contribution in [3.8, 4) is 0 Å². The summed E-state index contributed by atoms with van der Waals surface area (Å²) in [5.41, 5.74) is 1.09. The molecule has 1 aliphatic heterocycles. The Kier molecular flexibility index (Phi) is 3.44. The smallest absolute Gasteiger partial charge is 0.416 e. The number of hydrogen-bond donors (Lipinski definition) is 0. The molecule has 2 amide bonds. The first-order valence-electron chi connectivity index (χ1n) is 6.77. The summed E-state index contributed by atoms with van der Waals surface area (Å²) < 4.78 is 10.2. The Morgan fingerprint density at radius 3 is 2.80 bits per heavy atom. The molecular weight excluding hydrogens is 258 g/mol. The van der Waals surface area contributed by atoms with Gasteiger partial charge in [0.25, 0.3) is 0 Å². The second-order valence-corrected chi connectivity index (χ2v) is 5.25. The van der Waals surface area contributed by atoms with Gasteiger partial charge in [0.15, 0.2) is 0 Å². The molecule has 0 aromatic heterocycles. The molecule has 5 nitrogen and oxygen atoms in total. The van der Waals surface area contributed by atoms with E-state index in [-0.39, 0.29) is 30.6 Å². The van der Waals surface area contributed by atoms with Crippen molar-refractivity contribution >= 4 is 12.0 Å². The first-order chi connectivity index (χ1) is 9.70. The molecule has 1 saturated heterocycles. The number of imide groups is 1. The topological polar surface area (TPSA) is 55.8 Å². The third kappa shape index (κ3) is 2.41. The van der Waals surface area contributed by atoms with Crippen LogP contribution < -0.4 is 0 Å². The van der Waals surface area contributed by atoms with Crippen molar-refractivity contribution in [2.45, 2.75) is 25.0 Å². The number of carbonyl (C=O) groups excluding carboxylic acids is 2. The molecule has 3 unspecified atom stereocenters. The summed E-state index contributed by atoms with van der Waals surface area (Å²) in [4.78, 5) is 25.4. The largest absolute Gasteiger partial charge is 0.447 e. The lowest BCUT2D eigenvalue weighted by molar-refractivity contribution is -0.131. The number of benzene rings is 1. The van der Waals surface area contributed by atoms with Gasteiger partial charge in [0, 0.05) is 7.11 Å². The quantitative estimate of drug-likeness (QED) is 0.837. The van der Waals surface area contributed by atoms with Gasteiger partial charge in [-0.1, -0.05) is 30.3 Å². The highest BCUT2D eigenvalue weighted by atomic mass is 16.6. The standard InChI is InChI=1S/C15H17NO4/c1-19-13-8-12(13)14(17)16-11(9-20-15(16)18)7-10-5-3-2-4-6-10/h2-6,11-13H,7-9H2,1H3. The van der Waals surface area contributed by atoms with Gasteiger partial charge in [0.2, 0.25) is 5.91 Å². The Balaban J connectivity index is 1.71. The Labute approximate surface area is 117 Å². The van der Waals surface area contributed by atoms with Gasteiger partial charge >= 0.3 is 6.09 Å². The number of amides is 2. The fourth-order valence-corrected chi connectivity index (χ4v) is 2.64. The summed E-state index contributed by atoms with van der Waals surface area (Å²) in [5.74, 6) is -0.357. The number of hydrogen-bond acceptors (Lipinski definition) is 4. The maximum Gasteiger partial charge on any atom is 0.416 e. The van der Waals surface area contributed by atoms with Crippen molar-refractivity contribution in [3.05, 3.63) is 35.9 Å². The van der Waals surface area contributed by atoms with Crippen LogP contribution in [0.25, 0.3) is 0 Å². The predicted octanol–water partition coefficient (Wildman–Crippen LogP) is 1.61. The van der Waals surface area contributed by atoms with Gasteiger partial charge < -0.3 is 9.47 Å². The van der Waals surface area contributed by atoms with Crippen LogP contribution in [0.2, 0.25) is 0 Å². The zero-order valence-corrected chi connectivity index (χ0v) is 11.3. The van der Waals surface area contributed by atoms with E-state index >= 15 is 0 Å². The van der Waals surface area contributed by atoms with E-state index < -0.39 is 6.09 Å². The molecule has 0 radical (unpaired) electrons. The average Bonchev–Trinajstić information content (AvgIpc) is 3.17. The molecule has 1 saturated carbocycles. The van der Waals surface area contributed by atoms with Crippen molar-refractivity contribution in [1.29, 1.82) is 0 Å². The second-order valence-electron chi connectivity index (χ2n) is 5.25. The van der Waals surface area contributed by atoms with Crippen molar-refractivity contribution in [1.82, 2.24) is 4.90 Å². The molecule has 2 fully saturated rings. The molecule has 2 aliphatic rings. The predicted molar refractivity (Wildman–Crippen MR) is 71.0 cm³/mol. The van der Waals surface area contributed by atoms with E-state index in [0.29, 0.717) is 12.8 Å². The maximum atomic E-state index is 12.3. The Morgan fingerprint density at radius 2 is 2.15 bits per heavy atom. The number of cyclic esters (lactones) is 1. The summed E-state index contributed by atoms with van der Waals surface area (Å²) >= 11 is 0. The van der Waals surface area contributed by atoms with E-state index in [4.69, 9.17) is 9.47 Å². The van der Waals surface area contributed by atoms with Crippen molar-refractivity contribution in [2.24, 2.45) is 5.92 Å². The minimum Gasteiger partial charge on any atom is -0.447 e. The molecule has 1 aliphatic carbocycles. The monoisotopic (exact) mass is 275 g/mol. The van der Waals surface area contributed by atoms with Crippen LogP contribution in [-0.4, -0.2) is 42.8 Å². The third-order valence-corrected chi connectivity index (χ3v) is 3.86. The molecule has 1 aromatic rings. The van der Waals surface area contributed by atoms with Gasteiger partial charge in [-0.2, -0.15) is 0 Å². The van der Waals surface area contributed by atoms with Crippen LogP contribution in [0, 0.1) is 5.92 Å². The van der Waals surface area contributed by atoms with Crippen LogP contribution in [-0.2, 0) is 20.7 Å². The third-order valence-electron chi connectivity index (χ3n) is 3.86. The van der Waals surface area contributed by atoms with Gasteiger partial charge in [-0.25, -0.2) is 9.69 Å². The van der Waals surface area contributed by atoms with Gasteiger partial charge in [0.05, 0.1) is 18.1 Å². The Hall–Kier alpha value is -1.88. The molecule has 0 spiro atoms. The maximum absolute atomic E-state index is 12.3. The van der Waals surface area contributed by atoms with Crippen LogP contribution in [0.4, 0.5) is 4.79 Å². The van der Waals surface area contributed by atoms with Gasteiger partial charge in [-0.15, -0.1) is 0 Å². The van der Waals surface area contributed by atoms with Crippen LogP contribution in [0.3, 0.4) is 0 Å². The van der Waals surface area contributed by atoms with Crippen molar-refractivity contribution < 1.29 is 19.1 Å². The lowest BCUT2D eigenvalue weighted by Gasteiger charge is -2.19. The zero-order chi connectivity index (χ0) is 14.1. The normalized spacial score (nSPS) is 28.4. The number of methoxy groups -OCH3 is 1. The molecule has 5 heteroatoms. The number of rotatable bonds is 4. The minimum absolute atomic E-state index is 0.0479. The van der Waals surface area contributed by atoms with Crippen LogP contribution in [0.1, 0.15) is 12.0 Å². The van der Waals surface area contributed by atoms with E-state index in [9.17, 15) is 9.59 Å².